The Kier molecular flexibility index (Phi) is 5.86. The fraction of sp³-hybridized carbons (Fsp3) is 0.417. The maximum Gasteiger partial charge on any atom is 0.232 e. The van der Waals surface area contributed by atoms with Crippen molar-refractivity contribution >= 4 is 17.7 Å². The van der Waals surface area contributed by atoms with Crippen LogP contribution in [0.4, 0.5) is 0 Å². The highest BCUT2D eigenvalue weighted by Gasteiger charge is 2.08. The monoisotopic (exact) mass is 255 g/mol. The number of aliphatic hydroxyl groups is 1. The van der Waals surface area contributed by atoms with Crippen molar-refractivity contribution in [2.24, 2.45) is 0 Å². The van der Waals surface area contributed by atoms with E-state index in [-0.39, 0.29) is 12.5 Å². The Hall–Kier alpha value is -1.20. The summed E-state index contributed by atoms with van der Waals surface area (Å²) in [5, 5.41) is 8.71. The quantitative estimate of drug-likeness (QED) is 0.777. The molecule has 94 valence electrons. The topological polar surface area (TPSA) is 49.8 Å². The average molecular weight is 255 g/mol. The lowest BCUT2D eigenvalue weighted by molar-refractivity contribution is -0.127. The van der Waals surface area contributed by atoms with Gasteiger partial charge in [-0.1, -0.05) is 0 Å². The van der Waals surface area contributed by atoms with Crippen LogP contribution in [0.3, 0.4) is 0 Å². The maximum absolute atomic E-state index is 11.6. The molecule has 0 saturated heterocycles. The van der Waals surface area contributed by atoms with E-state index < -0.39 is 0 Å². The van der Waals surface area contributed by atoms with Gasteiger partial charge in [-0.05, 0) is 24.3 Å². The smallest absolute Gasteiger partial charge is 0.232 e. The van der Waals surface area contributed by atoms with E-state index in [9.17, 15) is 4.79 Å². The van der Waals surface area contributed by atoms with E-state index in [1.165, 1.54) is 16.7 Å². The first kappa shape index (κ1) is 13.9. The van der Waals surface area contributed by atoms with Crippen LogP contribution in [0.5, 0.6) is 5.75 Å². The van der Waals surface area contributed by atoms with Gasteiger partial charge in [0.2, 0.25) is 5.91 Å². The van der Waals surface area contributed by atoms with Gasteiger partial charge in [-0.3, -0.25) is 4.79 Å². The first-order valence-electron chi connectivity index (χ1n) is 5.29. The Balaban J connectivity index is 2.41. The zero-order chi connectivity index (χ0) is 12.7. The van der Waals surface area contributed by atoms with Crippen LogP contribution in [0.1, 0.15) is 0 Å². The lowest BCUT2D eigenvalue weighted by Crippen LogP contribution is -2.30. The minimum absolute atomic E-state index is 0.00452. The molecule has 0 aliphatic carbocycles. The van der Waals surface area contributed by atoms with Crippen molar-refractivity contribution in [3.05, 3.63) is 24.3 Å². The fourth-order valence-corrected chi connectivity index (χ4v) is 2.04. The SMILES string of the molecule is COc1ccc(SCC(=O)N(C)CCO)cc1. The number of carbonyl (C=O) groups is 1. The third kappa shape index (κ3) is 4.66. The molecule has 0 spiro atoms. The summed E-state index contributed by atoms with van der Waals surface area (Å²) in [4.78, 5) is 14.1. The number of hydrogen-bond donors (Lipinski definition) is 1. The molecule has 0 saturated carbocycles. The van der Waals surface area contributed by atoms with Crippen LogP contribution in [-0.2, 0) is 4.79 Å². The number of likely N-dealkylation sites (N-methyl/N-ethyl adjacent to an activating group) is 1. The largest absolute Gasteiger partial charge is 0.497 e. The number of hydrogen-bond acceptors (Lipinski definition) is 4. The van der Waals surface area contributed by atoms with Crippen LogP contribution in [0.15, 0.2) is 29.2 Å². The van der Waals surface area contributed by atoms with E-state index in [0.29, 0.717) is 12.3 Å². The molecule has 1 rings (SSSR count). The summed E-state index contributed by atoms with van der Waals surface area (Å²) in [5.41, 5.74) is 0. The summed E-state index contributed by atoms with van der Waals surface area (Å²) in [6.45, 7) is 0.372. The highest BCUT2D eigenvalue weighted by Crippen LogP contribution is 2.21. The van der Waals surface area contributed by atoms with Gasteiger partial charge in [0.05, 0.1) is 19.5 Å². The summed E-state index contributed by atoms with van der Waals surface area (Å²) in [7, 11) is 3.31. The molecule has 0 heterocycles. The van der Waals surface area contributed by atoms with Gasteiger partial charge in [-0.25, -0.2) is 0 Å². The second kappa shape index (κ2) is 7.19. The van der Waals surface area contributed by atoms with Gasteiger partial charge in [0.15, 0.2) is 0 Å². The number of methoxy groups -OCH3 is 1. The standard InChI is InChI=1S/C12H17NO3S/c1-13(7-8-14)12(15)9-17-11-5-3-10(16-2)4-6-11/h3-6,14H,7-9H2,1-2H3. The minimum atomic E-state index is -0.00452. The van der Waals surface area contributed by atoms with Gasteiger partial charge in [0.25, 0.3) is 0 Å². The molecular formula is C12H17NO3S. The van der Waals surface area contributed by atoms with Crippen LogP contribution in [0.25, 0.3) is 0 Å². The molecule has 0 aliphatic heterocycles. The van der Waals surface area contributed by atoms with Crippen LogP contribution in [0.2, 0.25) is 0 Å². The minimum Gasteiger partial charge on any atom is -0.497 e. The van der Waals surface area contributed by atoms with Crippen molar-refractivity contribution < 1.29 is 14.6 Å². The number of aliphatic hydroxyl groups excluding tert-OH is 1. The van der Waals surface area contributed by atoms with Gasteiger partial charge in [-0.15, -0.1) is 11.8 Å². The number of thioether (sulfide) groups is 1. The van der Waals surface area contributed by atoms with Crippen LogP contribution in [-0.4, -0.2) is 49.0 Å². The maximum atomic E-state index is 11.6. The summed E-state index contributed by atoms with van der Waals surface area (Å²) in [6, 6.07) is 7.57. The van der Waals surface area contributed by atoms with Crippen LogP contribution < -0.4 is 4.74 Å². The molecule has 1 N–H and O–H groups in total. The second-order valence-corrected chi connectivity index (χ2v) is 4.55. The van der Waals surface area contributed by atoms with E-state index in [2.05, 4.69) is 0 Å². The number of rotatable bonds is 6. The fourth-order valence-electron chi connectivity index (χ4n) is 1.20. The Morgan fingerprint density at radius 1 is 1.41 bits per heavy atom. The second-order valence-electron chi connectivity index (χ2n) is 3.50. The van der Waals surface area contributed by atoms with Crippen molar-refractivity contribution in [2.45, 2.75) is 4.90 Å². The molecular weight excluding hydrogens is 238 g/mol. The number of amides is 1. The van der Waals surface area contributed by atoms with Crippen LogP contribution >= 0.6 is 11.8 Å². The van der Waals surface area contributed by atoms with E-state index in [0.717, 1.165) is 10.6 Å². The van der Waals surface area contributed by atoms with Crippen molar-refractivity contribution in [3.63, 3.8) is 0 Å². The lowest BCUT2D eigenvalue weighted by atomic mass is 10.3. The molecule has 1 aromatic carbocycles. The van der Waals surface area contributed by atoms with E-state index in [1.807, 2.05) is 24.3 Å². The predicted molar refractivity (Wildman–Crippen MR) is 68.4 cm³/mol. The molecule has 0 unspecified atom stereocenters. The molecule has 17 heavy (non-hydrogen) atoms. The molecule has 0 radical (unpaired) electrons. The van der Waals surface area contributed by atoms with Gasteiger partial charge in [0, 0.05) is 18.5 Å². The Bertz CT molecular complexity index is 353. The first-order chi connectivity index (χ1) is 8.17. The summed E-state index contributed by atoms with van der Waals surface area (Å²) < 4.78 is 5.05. The van der Waals surface area contributed by atoms with Crippen molar-refractivity contribution in [1.82, 2.24) is 4.90 Å². The molecule has 5 heteroatoms. The molecule has 0 fully saturated rings. The Morgan fingerprint density at radius 3 is 2.59 bits per heavy atom. The Morgan fingerprint density at radius 2 is 2.06 bits per heavy atom. The third-order valence-electron chi connectivity index (χ3n) is 2.28. The number of nitrogens with zero attached hydrogens (tertiary/aromatic N) is 1. The van der Waals surface area contributed by atoms with E-state index >= 15 is 0 Å². The molecule has 0 bridgehead atoms. The molecule has 1 amide bonds. The molecule has 4 nitrogen and oxygen atoms in total. The lowest BCUT2D eigenvalue weighted by Gasteiger charge is -2.15. The average Bonchev–Trinajstić information content (AvgIpc) is 2.36. The summed E-state index contributed by atoms with van der Waals surface area (Å²) >= 11 is 1.47. The van der Waals surface area contributed by atoms with Gasteiger partial charge in [0.1, 0.15) is 5.75 Å². The summed E-state index contributed by atoms with van der Waals surface area (Å²) in [5.74, 6) is 1.20. The molecule has 0 atom stereocenters. The van der Waals surface area contributed by atoms with Crippen LogP contribution in [0, 0.1) is 0 Å². The van der Waals surface area contributed by atoms with Crippen molar-refractivity contribution in [2.75, 3.05) is 33.1 Å². The highest BCUT2D eigenvalue weighted by atomic mass is 32.2. The molecule has 0 aliphatic rings. The number of carbonyl (C=O) groups excluding carboxylic acids is 1. The van der Waals surface area contributed by atoms with E-state index in [1.54, 1.807) is 14.2 Å². The van der Waals surface area contributed by atoms with Gasteiger partial charge < -0.3 is 14.7 Å². The third-order valence-corrected chi connectivity index (χ3v) is 3.28. The zero-order valence-electron chi connectivity index (χ0n) is 10.0. The normalized spacial score (nSPS) is 10.1. The molecule has 1 aromatic rings. The van der Waals surface area contributed by atoms with Crippen molar-refractivity contribution in [3.8, 4) is 5.75 Å². The van der Waals surface area contributed by atoms with Gasteiger partial charge >= 0.3 is 0 Å². The zero-order valence-corrected chi connectivity index (χ0v) is 10.9. The van der Waals surface area contributed by atoms with E-state index in [4.69, 9.17) is 9.84 Å². The van der Waals surface area contributed by atoms with Gasteiger partial charge in [-0.2, -0.15) is 0 Å². The first-order valence-corrected chi connectivity index (χ1v) is 6.27. The number of ether oxygens (including phenoxy) is 1. The Labute approximate surface area is 106 Å². The molecule has 0 aromatic heterocycles. The van der Waals surface area contributed by atoms with Crippen molar-refractivity contribution in [1.29, 1.82) is 0 Å². The summed E-state index contributed by atoms with van der Waals surface area (Å²) in [6.07, 6.45) is 0. The highest BCUT2D eigenvalue weighted by molar-refractivity contribution is 8.00. The number of benzene rings is 1. The predicted octanol–water partition coefficient (Wildman–Crippen LogP) is 1.24.